The number of nitrogens with two attached hydrogens (primary N) is 2. The van der Waals surface area contributed by atoms with E-state index >= 15 is 0 Å². The fourth-order valence-corrected chi connectivity index (χ4v) is 7.64. The van der Waals surface area contributed by atoms with Gasteiger partial charge in [0.05, 0.1) is 69.0 Å². The molecule has 1 saturated carbocycles. The smallest absolute Gasteiger partial charge is 0.338 e. The molecular formula is C36H60N5O15+. The number of carbonyl (C=O) groups excluding carboxylic acids is 2. The van der Waals surface area contributed by atoms with E-state index in [-0.39, 0.29) is 50.5 Å². The van der Waals surface area contributed by atoms with Crippen molar-refractivity contribution in [3.05, 3.63) is 36.6 Å². The van der Waals surface area contributed by atoms with Gasteiger partial charge in [0.2, 0.25) is 18.3 Å². The Hall–Kier alpha value is -3.25. The molecule has 2 saturated heterocycles. The zero-order valence-corrected chi connectivity index (χ0v) is 31.6. The molecule has 20 heteroatoms. The molecule has 4 unspecified atom stereocenters. The van der Waals surface area contributed by atoms with Gasteiger partial charge in [0, 0.05) is 25.0 Å². The molecule has 56 heavy (non-hydrogen) atoms. The van der Waals surface area contributed by atoms with Crippen LogP contribution in [0, 0.1) is 23.7 Å². The Morgan fingerprint density at radius 1 is 1.18 bits per heavy atom. The van der Waals surface area contributed by atoms with Crippen molar-refractivity contribution in [3.63, 3.8) is 0 Å². The Kier molecular flexibility index (Phi) is 17.4. The van der Waals surface area contributed by atoms with Crippen molar-refractivity contribution in [1.29, 1.82) is 0 Å². The van der Waals surface area contributed by atoms with Crippen LogP contribution in [0.4, 0.5) is 0 Å². The number of carbonyl (C=O) groups is 2. The summed E-state index contributed by atoms with van der Waals surface area (Å²) in [4.78, 5) is 31.2. The van der Waals surface area contributed by atoms with E-state index in [9.17, 15) is 50.4 Å². The molecule has 12 atom stereocenters. The number of likely N-dealkylation sites (N-methyl/N-ethyl adjacent to an activating group) is 1. The zero-order chi connectivity index (χ0) is 41.0. The molecule has 3 fully saturated rings. The minimum Gasteiger partial charge on any atom is -0.550 e. The second-order valence-electron chi connectivity index (χ2n) is 14.5. The molecule has 0 aromatic rings. The number of aliphatic imine (C=N–C) groups is 1. The standard InChI is InChI=1S/C36H59N5O15/c1-3-22-23(10-9-20-15-41(12-14-43)16-24(31(47)48)28(20)40-35(37)39-11-6-13-42)25(32(49)53-21-7-4-5-8-21)19-52-33(22)56-34-30(55-27(18-45)38-2)36(50,51)29(46)26(17-44)54-34/h3,9-10,19-24,26-30,33-34,38,42-46,50-51H,1,4-8,11-18H2,2H3,(H,47,48)(H3,37,39,40)/p+1/t20?,22-,23+,24?,26-,27-,28?,29-,30-,33-,34+/m1/s1. The van der Waals surface area contributed by atoms with Crippen molar-refractivity contribution in [2.45, 2.75) is 87.2 Å². The van der Waals surface area contributed by atoms with Gasteiger partial charge in [-0.3, -0.25) is 4.99 Å². The van der Waals surface area contributed by atoms with Crippen LogP contribution in [0.15, 0.2) is 41.6 Å². The van der Waals surface area contributed by atoms with Crippen LogP contribution in [0.1, 0.15) is 32.1 Å². The molecule has 4 rings (SSSR count). The number of nitrogens with zero attached hydrogens (tertiary/aromatic N) is 1. The van der Waals surface area contributed by atoms with Crippen molar-refractivity contribution in [3.8, 4) is 0 Å². The van der Waals surface area contributed by atoms with E-state index in [1.807, 2.05) is 0 Å². The summed E-state index contributed by atoms with van der Waals surface area (Å²) in [5.41, 5.74) is 6.23. The number of ether oxygens (including phenoxy) is 5. The topological polar surface area (TPSA) is 316 Å². The van der Waals surface area contributed by atoms with Crippen molar-refractivity contribution < 1.29 is 84.3 Å². The molecular weight excluding hydrogens is 742 g/mol. The first kappa shape index (κ1) is 45.5. The van der Waals surface area contributed by atoms with Gasteiger partial charge in [-0.15, -0.1) is 6.58 Å². The fraction of sp³-hybridized carbons (Fsp3) is 0.750. The number of carboxylic acid groups (broad SMARTS) is 1. The molecule has 0 spiro atoms. The molecule has 0 amide bonds. The third kappa shape index (κ3) is 11.2. The number of quaternary nitrogens is 2. The predicted octanol–water partition coefficient (Wildman–Crippen LogP) is -7.11. The number of nitrogens with one attached hydrogen (secondary N) is 2. The largest absolute Gasteiger partial charge is 0.550 e. The average molecular weight is 803 g/mol. The van der Waals surface area contributed by atoms with Gasteiger partial charge in [-0.05, 0) is 32.1 Å². The lowest BCUT2D eigenvalue weighted by Gasteiger charge is -2.48. The Labute approximate surface area is 325 Å². The molecule has 4 aliphatic rings. The maximum absolute atomic E-state index is 13.8. The summed E-state index contributed by atoms with van der Waals surface area (Å²) in [6.07, 6.45) is -0.382. The minimum absolute atomic E-state index is 0.0357. The molecule has 3 heterocycles. The van der Waals surface area contributed by atoms with E-state index < -0.39 is 97.8 Å². The molecule has 0 aromatic carbocycles. The lowest BCUT2D eigenvalue weighted by Crippen LogP contribution is -3.16. The van der Waals surface area contributed by atoms with Crippen molar-refractivity contribution in [1.82, 2.24) is 5.32 Å². The first-order valence-electron chi connectivity index (χ1n) is 19.1. The zero-order valence-electron chi connectivity index (χ0n) is 31.6. The summed E-state index contributed by atoms with van der Waals surface area (Å²) in [7, 11) is 1.56. The molecule has 3 aliphatic heterocycles. The number of guanidine groups is 1. The van der Waals surface area contributed by atoms with E-state index in [2.05, 4.69) is 16.9 Å². The molecule has 0 bridgehead atoms. The van der Waals surface area contributed by atoms with Gasteiger partial charge in [-0.2, -0.15) is 0 Å². The quantitative estimate of drug-likeness (QED) is 0.0144. The fourth-order valence-electron chi connectivity index (χ4n) is 7.64. The number of rotatable bonds is 19. The van der Waals surface area contributed by atoms with Crippen LogP contribution in [0.3, 0.4) is 0 Å². The summed E-state index contributed by atoms with van der Waals surface area (Å²) >= 11 is 0. The van der Waals surface area contributed by atoms with E-state index in [4.69, 9.17) is 29.4 Å². The second-order valence-corrected chi connectivity index (χ2v) is 14.5. The Bertz CT molecular complexity index is 1370. The molecule has 20 nitrogen and oxygen atoms in total. The van der Waals surface area contributed by atoms with E-state index in [1.54, 1.807) is 19.2 Å². The molecule has 0 aromatic heterocycles. The van der Waals surface area contributed by atoms with E-state index in [0.717, 1.165) is 24.0 Å². The van der Waals surface area contributed by atoms with Gasteiger partial charge in [0.15, 0.2) is 18.4 Å². The highest BCUT2D eigenvalue weighted by Crippen LogP contribution is 2.39. The number of likely N-dealkylation sites (tertiary alicyclic amines) is 1. The number of piperidine rings is 1. The lowest BCUT2D eigenvalue weighted by molar-refractivity contribution is -0.911. The first-order chi connectivity index (χ1) is 26.8. The predicted molar refractivity (Wildman–Crippen MR) is 191 cm³/mol. The Morgan fingerprint density at radius 3 is 2.52 bits per heavy atom. The number of aliphatic carboxylic acids is 1. The maximum Gasteiger partial charge on any atom is 0.338 e. The van der Waals surface area contributed by atoms with Crippen molar-refractivity contribution >= 4 is 17.9 Å². The van der Waals surface area contributed by atoms with Gasteiger partial charge in [0.1, 0.15) is 31.5 Å². The monoisotopic (exact) mass is 802 g/mol. The lowest BCUT2D eigenvalue weighted by atomic mass is 9.79. The minimum atomic E-state index is -3.04. The van der Waals surface area contributed by atoms with E-state index in [0.29, 0.717) is 25.8 Å². The van der Waals surface area contributed by atoms with Crippen LogP contribution in [0.2, 0.25) is 0 Å². The number of aliphatic hydroxyl groups excluding tert-OH is 5. The summed E-state index contributed by atoms with van der Waals surface area (Å²) in [6, 6.07) is -0.837. The van der Waals surface area contributed by atoms with Crippen LogP contribution in [0.5, 0.6) is 0 Å². The summed E-state index contributed by atoms with van der Waals surface area (Å²) in [5, 5.41) is 88.3. The van der Waals surface area contributed by atoms with Gasteiger partial charge in [0.25, 0.3) is 0 Å². The van der Waals surface area contributed by atoms with Gasteiger partial charge >= 0.3 is 5.97 Å². The molecule has 318 valence electrons. The van der Waals surface area contributed by atoms with Crippen LogP contribution in [-0.4, -0.2) is 168 Å². The number of carboxylic acids is 1. The third-order valence-electron chi connectivity index (χ3n) is 10.8. The number of allylic oxidation sites excluding steroid dienone is 1. The van der Waals surface area contributed by atoms with Crippen LogP contribution in [0.25, 0.3) is 0 Å². The normalized spacial score (nSPS) is 34.4. The van der Waals surface area contributed by atoms with Gasteiger partial charge in [-0.1, -0.05) is 18.2 Å². The number of hydrogen-bond donors (Lipinski definition) is 11. The van der Waals surface area contributed by atoms with Crippen LogP contribution in [-0.2, 0) is 33.3 Å². The highest BCUT2D eigenvalue weighted by molar-refractivity contribution is 5.89. The van der Waals surface area contributed by atoms with Crippen molar-refractivity contribution in [2.24, 2.45) is 34.4 Å². The summed E-state index contributed by atoms with van der Waals surface area (Å²) < 4.78 is 29.4. The number of esters is 1. The van der Waals surface area contributed by atoms with E-state index in [1.165, 1.54) is 11.4 Å². The highest BCUT2D eigenvalue weighted by atomic mass is 16.8. The molecule has 1 aliphatic carbocycles. The molecule has 0 radical (unpaired) electrons. The summed E-state index contributed by atoms with van der Waals surface area (Å²) in [5.74, 6) is -8.57. The number of hydrogen-bond acceptors (Lipinski definition) is 16. The number of aliphatic hydroxyl groups is 7. The molecule has 13 N–H and O–H groups in total. The average Bonchev–Trinajstić information content (AvgIpc) is 3.69. The Morgan fingerprint density at radius 2 is 1.91 bits per heavy atom. The van der Waals surface area contributed by atoms with Crippen molar-refractivity contribution in [2.75, 3.05) is 59.7 Å². The van der Waals surface area contributed by atoms with Crippen LogP contribution < -0.4 is 26.4 Å². The highest BCUT2D eigenvalue weighted by Gasteiger charge is 2.58. The third-order valence-corrected chi connectivity index (χ3v) is 10.8. The van der Waals surface area contributed by atoms with Gasteiger partial charge < -0.3 is 90.6 Å². The SMILES string of the molecule is C=C[C@H]1[C@@H](O[C@@H]2O[C@H](CO)[C@@H](O)C(O)(O)[C@@H]2O[C@H](CO)[NH2+]C)OC=C(C(=O)OC2CCCC2)[C@H]1C=CC1C[NH+](CCO)CC(C(=O)[O-])C1NC(N)=NCCCO. The Balaban J connectivity index is 1.73. The van der Waals surface area contributed by atoms with Crippen LogP contribution >= 0.6 is 0 Å². The maximum atomic E-state index is 13.8. The summed E-state index contributed by atoms with van der Waals surface area (Å²) in [6.45, 7) is 3.14. The second kappa shape index (κ2) is 21.5. The first-order valence-corrected chi connectivity index (χ1v) is 19.1. The van der Waals surface area contributed by atoms with Gasteiger partial charge in [-0.25, -0.2) is 4.79 Å².